The highest BCUT2D eigenvalue weighted by Crippen LogP contribution is 2.56. The van der Waals surface area contributed by atoms with Crippen LogP contribution < -0.4 is 4.90 Å². The molecule has 2 N–H and O–H groups in total. The molecule has 5 aromatic rings. The quantitative estimate of drug-likeness (QED) is 0.123. The number of allylic oxidation sites excluding steroid dienone is 1. The minimum atomic E-state index is -4.14. The van der Waals surface area contributed by atoms with E-state index in [0.717, 1.165) is 0 Å². The zero-order valence-corrected chi connectivity index (χ0v) is 39.8. The molecule has 24 heteroatoms. The molecule has 0 radical (unpaired) electrons. The van der Waals surface area contributed by atoms with Crippen LogP contribution in [0.2, 0.25) is 18.1 Å². The van der Waals surface area contributed by atoms with Gasteiger partial charge in [-0.25, -0.2) is 29.9 Å². The smallest absolute Gasteiger partial charge is 0.325 e. The van der Waals surface area contributed by atoms with E-state index in [1.165, 1.54) is 23.9 Å². The molecule has 19 nitrogen and oxygen atoms in total. The largest absolute Gasteiger partial charge is 0.408 e. The summed E-state index contributed by atoms with van der Waals surface area (Å²) in [7, 11) is -2.67. The summed E-state index contributed by atoms with van der Waals surface area (Å²) < 4.78 is 49.0. The molecule has 14 bridgehead atoms. The maximum absolute atomic E-state index is 14.3. The molecule has 10 unspecified atom stereocenters. The van der Waals surface area contributed by atoms with Gasteiger partial charge < -0.3 is 37.3 Å². The number of aromatic nitrogens is 8. The van der Waals surface area contributed by atoms with E-state index in [9.17, 15) is 14.6 Å². The number of benzene rings is 1. The average molecular weight is 958 g/mol. The summed E-state index contributed by atoms with van der Waals surface area (Å²) in [5.41, 5.74) is 2.71. The number of rotatable bonds is 3. The second-order valence-corrected chi connectivity index (χ2v) is 27.8. The van der Waals surface area contributed by atoms with Crippen LogP contribution in [0.3, 0.4) is 0 Å². The predicted molar refractivity (Wildman–Crippen MR) is 240 cm³/mol. The third-order valence-corrected chi connectivity index (χ3v) is 20.0. The zero-order chi connectivity index (χ0) is 44.5. The summed E-state index contributed by atoms with van der Waals surface area (Å²) in [5.74, 6) is -0.537. The first kappa shape index (κ1) is 44.9. The van der Waals surface area contributed by atoms with Crippen molar-refractivity contribution in [2.24, 2.45) is 5.92 Å². The lowest BCUT2D eigenvalue weighted by molar-refractivity contribution is -0.0610. The second-order valence-electron chi connectivity index (χ2n) is 17.5. The summed E-state index contributed by atoms with van der Waals surface area (Å²) in [5, 5.41) is -0.287. The predicted octanol–water partition coefficient (Wildman–Crippen LogP) is 5.89. The standard InChI is InChI=1S/C39H49N9O10P2S2Si/c1-23-26-17-52-60(51,62)57-32-31(58-63(5,6)39(2,3)4)27-18-53-59(50,61)56-30(23)37(54-26)47-21-44-28-25(40-19-41-33(28)47)15-11-8-12-16-46(36(49)24-13-9-7-10-14-24)34-29-35(43-20-42-34)48(22-45-29)38(32)55-27/h7-10,12-14,19-23,26-27,30-32,37-38H,11,15-18H2,1-6H3,(H,50,61)(H,51,62)/b12-8+. The summed E-state index contributed by atoms with van der Waals surface area (Å²) in [6.07, 6.45) is 4.06. The minimum absolute atomic E-state index is 0.145. The number of hydrogen-bond donors (Lipinski definition) is 2. The fourth-order valence-corrected chi connectivity index (χ4v) is 12.2. The zero-order valence-electron chi connectivity index (χ0n) is 35.4. The molecule has 0 aliphatic carbocycles. The fraction of sp³-hybridized carbons (Fsp3) is 0.513. The molecule has 5 aliphatic heterocycles. The second kappa shape index (κ2) is 17.2. The number of hydrogen-bond acceptors (Lipinski definition) is 16. The normalized spacial score (nSPS) is 32.5. The van der Waals surface area contributed by atoms with Crippen LogP contribution in [0.1, 0.15) is 62.6 Å². The highest BCUT2D eigenvalue weighted by atomic mass is 32.5. The summed E-state index contributed by atoms with van der Waals surface area (Å²) in [6, 6.07) is 8.90. The Balaban J connectivity index is 1.22. The number of imidazole rings is 2. The number of anilines is 1. The Labute approximate surface area is 374 Å². The van der Waals surface area contributed by atoms with E-state index in [1.54, 1.807) is 39.7 Å². The van der Waals surface area contributed by atoms with Crippen molar-refractivity contribution in [1.82, 2.24) is 39.0 Å². The van der Waals surface area contributed by atoms with Gasteiger partial charge in [-0.2, -0.15) is 0 Å². The number of nitrogens with zero attached hydrogens (tertiary/aromatic N) is 9. The van der Waals surface area contributed by atoms with Crippen molar-refractivity contribution in [3.05, 3.63) is 79.1 Å². The molecule has 5 aliphatic rings. The number of carbonyl (C=O) groups is 1. The molecule has 10 rings (SSSR count). The van der Waals surface area contributed by atoms with Gasteiger partial charge in [-0.15, -0.1) is 0 Å². The van der Waals surface area contributed by atoms with Crippen LogP contribution in [-0.2, 0) is 62.0 Å². The first-order valence-electron chi connectivity index (χ1n) is 20.6. The maximum atomic E-state index is 14.3. The first-order chi connectivity index (χ1) is 29.9. The summed E-state index contributed by atoms with van der Waals surface area (Å²) in [6.45, 7) is 3.68. The Morgan fingerprint density at radius 1 is 0.825 bits per heavy atom. The van der Waals surface area contributed by atoms with Gasteiger partial charge in [0.15, 0.2) is 43.4 Å². The van der Waals surface area contributed by atoms with Crippen LogP contribution in [-0.4, -0.2) is 113 Å². The van der Waals surface area contributed by atoms with Crippen LogP contribution in [0.15, 0.2) is 67.8 Å². The monoisotopic (exact) mass is 957 g/mol. The van der Waals surface area contributed by atoms with Crippen molar-refractivity contribution in [2.45, 2.75) is 102 Å². The molecule has 0 saturated carbocycles. The molecular formula is C39H49N9O10P2S2Si. The molecule has 9 heterocycles. The Bertz CT molecular complexity index is 2650. The number of aryl methyl sites for hydroxylation is 1. The summed E-state index contributed by atoms with van der Waals surface area (Å²) in [4.78, 5) is 67.5. The van der Waals surface area contributed by atoms with E-state index in [0.29, 0.717) is 35.3 Å². The highest BCUT2D eigenvalue weighted by Gasteiger charge is 2.55. The van der Waals surface area contributed by atoms with Crippen molar-refractivity contribution < 1.29 is 46.6 Å². The average Bonchev–Trinajstić information content (AvgIpc) is 4.01. The molecule has 63 heavy (non-hydrogen) atoms. The molecule has 0 spiro atoms. The van der Waals surface area contributed by atoms with Gasteiger partial charge in [0.25, 0.3) is 5.91 Å². The number of fused-ring (bicyclic) bond motifs is 10. The van der Waals surface area contributed by atoms with Crippen molar-refractivity contribution in [3.63, 3.8) is 0 Å². The highest BCUT2D eigenvalue weighted by molar-refractivity contribution is 8.07. The van der Waals surface area contributed by atoms with E-state index >= 15 is 0 Å². The van der Waals surface area contributed by atoms with Crippen LogP contribution in [0.4, 0.5) is 5.82 Å². The van der Waals surface area contributed by atoms with Crippen LogP contribution in [0.25, 0.3) is 22.3 Å². The Morgan fingerprint density at radius 3 is 2.13 bits per heavy atom. The van der Waals surface area contributed by atoms with Crippen molar-refractivity contribution in [2.75, 3.05) is 24.7 Å². The van der Waals surface area contributed by atoms with Gasteiger partial charge in [0.2, 0.25) is 0 Å². The van der Waals surface area contributed by atoms with Crippen LogP contribution in [0.5, 0.6) is 0 Å². The molecule has 3 saturated heterocycles. The molecule has 1 aromatic carbocycles. The van der Waals surface area contributed by atoms with Crippen LogP contribution in [0, 0.1) is 5.92 Å². The van der Waals surface area contributed by atoms with Crippen LogP contribution >= 0.6 is 13.4 Å². The van der Waals surface area contributed by atoms with Crippen molar-refractivity contribution >= 4 is 79.4 Å². The van der Waals surface area contributed by atoms with Gasteiger partial charge in [0.05, 0.1) is 37.7 Å². The topological polar surface area (TPSA) is 213 Å². The molecule has 336 valence electrons. The molecule has 1 amide bonds. The van der Waals surface area contributed by atoms with Gasteiger partial charge in [-0.3, -0.25) is 23.4 Å². The molecule has 4 aromatic heterocycles. The third-order valence-electron chi connectivity index (χ3n) is 12.4. The van der Waals surface area contributed by atoms with E-state index in [1.807, 2.05) is 25.1 Å². The summed E-state index contributed by atoms with van der Waals surface area (Å²) >= 11 is 11.5. The lowest BCUT2D eigenvalue weighted by Crippen LogP contribution is -2.50. The maximum Gasteiger partial charge on any atom is 0.325 e. The van der Waals surface area contributed by atoms with Gasteiger partial charge in [0.1, 0.15) is 42.6 Å². The van der Waals surface area contributed by atoms with Gasteiger partial charge in [-0.1, -0.05) is 58.0 Å². The fourth-order valence-electron chi connectivity index (χ4n) is 7.97. The van der Waals surface area contributed by atoms with Gasteiger partial charge in [-0.05, 0) is 66.7 Å². The number of carbonyl (C=O) groups excluding carboxylic acids is 1. The van der Waals surface area contributed by atoms with Gasteiger partial charge in [0, 0.05) is 18.0 Å². The number of amides is 1. The van der Waals surface area contributed by atoms with Gasteiger partial charge >= 0.3 is 13.4 Å². The first-order valence-corrected chi connectivity index (χ1v) is 28.7. The van der Waals surface area contributed by atoms with E-state index in [2.05, 4.69) is 53.8 Å². The SMILES string of the molecule is CC1C2COP(O)(=S)OC3C(O[Si](C)(C)C(C)(C)C)C4COP(O)(=S)OC1C(O2)n1cnc2c(ncnc21)CC/C=C/CN(C(=O)c1ccccc1)c1ncnc2c1ncn2C3O4. The molecule has 3 fully saturated rings. The Kier molecular flexibility index (Phi) is 12.2. The van der Waals surface area contributed by atoms with Crippen molar-refractivity contribution in [3.8, 4) is 0 Å². The minimum Gasteiger partial charge on any atom is -0.408 e. The van der Waals surface area contributed by atoms with E-state index < -0.39 is 70.6 Å². The Morgan fingerprint density at radius 2 is 1.43 bits per heavy atom. The van der Waals surface area contributed by atoms with Crippen molar-refractivity contribution in [1.29, 1.82) is 0 Å². The molecular weight excluding hydrogens is 909 g/mol. The lowest BCUT2D eigenvalue weighted by Gasteiger charge is -2.41. The lowest BCUT2D eigenvalue weighted by atomic mass is 10.0. The third kappa shape index (κ3) is 8.76. The van der Waals surface area contributed by atoms with E-state index in [4.69, 9.17) is 65.6 Å². The van der Waals surface area contributed by atoms with E-state index in [-0.39, 0.29) is 47.7 Å². The molecule has 10 atom stereocenters. The number of ether oxygens (including phenoxy) is 2. The Hall–Kier alpha value is -3.31.